The first kappa shape index (κ1) is 13.9. The lowest BCUT2D eigenvalue weighted by molar-refractivity contribution is 0.362. The number of benzene rings is 2. The van der Waals surface area contributed by atoms with Crippen molar-refractivity contribution in [2.75, 3.05) is 6.61 Å². The zero-order valence-corrected chi connectivity index (χ0v) is 12.2. The standard InChI is InChI=1S/C19H21NO/c20-19-10-4-9-16-11-12-17(14-18(16)19)21-13-5-8-15-6-2-1-3-7-15/h1-3,5-8,11-12,14,19H,4,9-10,13,20H2/b8-5+/t19-/m0/s1. The zero-order chi connectivity index (χ0) is 14.5. The van der Waals surface area contributed by atoms with Crippen molar-refractivity contribution in [1.29, 1.82) is 0 Å². The third-order valence-corrected chi connectivity index (χ3v) is 3.93. The zero-order valence-electron chi connectivity index (χ0n) is 12.2. The lowest BCUT2D eigenvalue weighted by Crippen LogP contribution is -2.17. The summed E-state index contributed by atoms with van der Waals surface area (Å²) < 4.78 is 5.80. The van der Waals surface area contributed by atoms with Crippen molar-refractivity contribution >= 4 is 6.08 Å². The molecule has 2 heteroatoms. The summed E-state index contributed by atoms with van der Waals surface area (Å²) in [6.07, 6.45) is 7.51. The van der Waals surface area contributed by atoms with Gasteiger partial charge in [0.25, 0.3) is 0 Å². The van der Waals surface area contributed by atoms with E-state index in [1.54, 1.807) is 0 Å². The molecule has 2 aromatic rings. The van der Waals surface area contributed by atoms with Gasteiger partial charge >= 0.3 is 0 Å². The van der Waals surface area contributed by atoms with Crippen molar-refractivity contribution in [2.45, 2.75) is 25.3 Å². The fourth-order valence-corrected chi connectivity index (χ4v) is 2.80. The molecule has 3 rings (SSSR count). The smallest absolute Gasteiger partial charge is 0.120 e. The fraction of sp³-hybridized carbons (Fsp3) is 0.263. The second kappa shape index (κ2) is 6.59. The SMILES string of the molecule is N[C@H]1CCCc2ccc(OC/C=C/c3ccccc3)cc21. The molecule has 108 valence electrons. The van der Waals surface area contributed by atoms with Crippen molar-refractivity contribution in [3.8, 4) is 5.75 Å². The lowest BCUT2D eigenvalue weighted by Gasteiger charge is -2.22. The van der Waals surface area contributed by atoms with Crippen LogP contribution in [-0.2, 0) is 6.42 Å². The van der Waals surface area contributed by atoms with E-state index in [1.807, 2.05) is 30.3 Å². The van der Waals surface area contributed by atoms with Crippen LogP contribution in [0.1, 0.15) is 35.6 Å². The van der Waals surface area contributed by atoms with Gasteiger partial charge in [0, 0.05) is 6.04 Å². The van der Waals surface area contributed by atoms with Gasteiger partial charge in [0.2, 0.25) is 0 Å². The first-order valence-electron chi connectivity index (χ1n) is 7.56. The molecular weight excluding hydrogens is 258 g/mol. The van der Waals surface area contributed by atoms with Gasteiger partial charge < -0.3 is 10.5 Å². The molecule has 0 spiro atoms. The lowest BCUT2D eigenvalue weighted by atomic mass is 9.88. The summed E-state index contributed by atoms with van der Waals surface area (Å²) in [7, 11) is 0. The van der Waals surface area contributed by atoms with Crippen LogP contribution in [0.4, 0.5) is 0 Å². The summed E-state index contributed by atoms with van der Waals surface area (Å²) >= 11 is 0. The van der Waals surface area contributed by atoms with E-state index in [9.17, 15) is 0 Å². The Morgan fingerprint density at radius 3 is 2.86 bits per heavy atom. The molecule has 0 aliphatic heterocycles. The van der Waals surface area contributed by atoms with Crippen molar-refractivity contribution in [2.24, 2.45) is 5.73 Å². The van der Waals surface area contributed by atoms with Gasteiger partial charge in [-0.05, 0) is 54.2 Å². The van der Waals surface area contributed by atoms with Crippen molar-refractivity contribution < 1.29 is 4.74 Å². The molecule has 0 unspecified atom stereocenters. The molecule has 1 atom stereocenters. The van der Waals surface area contributed by atoms with Gasteiger partial charge in [-0.25, -0.2) is 0 Å². The summed E-state index contributed by atoms with van der Waals surface area (Å²) in [5.41, 5.74) is 10.00. The van der Waals surface area contributed by atoms with Crippen molar-refractivity contribution in [3.63, 3.8) is 0 Å². The van der Waals surface area contributed by atoms with E-state index < -0.39 is 0 Å². The third-order valence-electron chi connectivity index (χ3n) is 3.93. The Labute approximate surface area is 126 Å². The normalized spacial score (nSPS) is 17.7. The topological polar surface area (TPSA) is 35.2 Å². The van der Waals surface area contributed by atoms with Gasteiger partial charge in [-0.3, -0.25) is 0 Å². The predicted octanol–water partition coefficient (Wildman–Crippen LogP) is 4.11. The maximum absolute atomic E-state index is 6.18. The second-order valence-electron chi connectivity index (χ2n) is 5.48. The fourth-order valence-electron chi connectivity index (χ4n) is 2.80. The molecule has 1 aliphatic rings. The molecule has 0 radical (unpaired) electrons. The van der Waals surface area contributed by atoms with Crippen LogP contribution in [0.3, 0.4) is 0 Å². The van der Waals surface area contributed by atoms with Gasteiger partial charge in [0.1, 0.15) is 12.4 Å². The molecule has 0 fully saturated rings. The van der Waals surface area contributed by atoms with Gasteiger partial charge in [-0.2, -0.15) is 0 Å². The Morgan fingerprint density at radius 1 is 1.14 bits per heavy atom. The molecule has 2 N–H and O–H groups in total. The Balaban J connectivity index is 1.61. The highest BCUT2D eigenvalue weighted by atomic mass is 16.5. The second-order valence-corrected chi connectivity index (χ2v) is 5.48. The van der Waals surface area contributed by atoms with Crippen LogP contribution < -0.4 is 10.5 Å². The molecule has 0 amide bonds. The minimum absolute atomic E-state index is 0.164. The summed E-state index contributed by atoms with van der Waals surface area (Å²) in [4.78, 5) is 0. The van der Waals surface area contributed by atoms with Crippen molar-refractivity contribution in [3.05, 3.63) is 71.3 Å². The average Bonchev–Trinajstić information content (AvgIpc) is 2.53. The molecule has 21 heavy (non-hydrogen) atoms. The van der Waals surface area contributed by atoms with Crippen LogP contribution in [0.15, 0.2) is 54.6 Å². The number of aryl methyl sites for hydroxylation is 1. The quantitative estimate of drug-likeness (QED) is 0.914. The summed E-state index contributed by atoms with van der Waals surface area (Å²) in [6.45, 7) is 0.572. The highest BCUT2D eigenvalue weighted by molar-refractivity contribution is 5.48. The van der Waals surface area contributed by atoms with Crippen LogP contribution in [0, 0.1) is 0 Å². The van der Waals surface area contributed by atoms with E-state index in [-0.39, 0.29) is 6.04 Å². The number of ether oxygens (including phenoxy) is 1. The van der Waals surface area contributed by atoms with Crippen LogP contribution in [-0.4, -0.2) is 6.61 Å². The first-order chi connectivity index (χ1) is 10.3. The first-order valence-corrected chi connectivity index (χ1v) is 7.56. The van der Waals surface area contributed by atoms with Gasteiger partial charge in [-0.15, -0.1) is 0 Å². The maximum atomic E-state index is 6.18. The average molecular weight is 279 g/mol. The summed E-state index contributed by atoms with van der Waals surface area (Å²) in [5, 5.41) is 0. The third kappa shape index (κ3) is 3.53. The van der Waals surface area contributed by atoms with Crippen LogP contribution >= 0.6 is 0 Å². The van der Waals surface area contributed by atoms with Gasteiger partial charge in [0.05, 0.1) is 0 Å². The number of fused-ring (bicyclic) bond motifs is 1. The van der Waals surface area contributed by atoms with Crippen LogP contribution in [0.5, 0.6) is 5.75 Å². The monoisotopic (exact) mass is 279 g/mol. The molecule has 0 saturated heterocycles. The highest BCUT2D eigenvalue weighted by Crippen LogP contribution is 2.30. The summed E-state index contributed by atoms with van der Waals surface area (Å²) in [5.74, 6) is 0.906. The number of rotatable bonds is 4. The molecule has 2 aromatic carbocycles. The molecule has 0 saturated carbocycles. The maximum Gasteiger partial charge on any atom is 0.120 e. The molecule has 0 aromatic heterocycles. The van der Waals surface area contributed by atoms with E-state index in [2.05, 4.69) is 30.3 Å². The van der Waals surface area contributed by atoms with Crippen molar-refractivity contribution in [1.82, 2.24) is 0 Å². The van der Waals surface area contributed by atoms with Gasteiger partial charge in [-0.1, -0.05) is 42.5 Å². The Hall–Kier alpha value is -2.06. The number of hydrogen-bond acceptors (Lipinski definition) is 2. The summed E-state index contributed by atoms with van der Waals surface area (Å²) in [6, 6.07) is 16.7. The number of hydrogen-bond donors (Lipinski definition) is 1. The van der Waals surface area contributed by atoms with E-state index in [0.29, 0.717) is 6.61 Å². The molecule has 0 bridgehead atoms. The minimum atomic E-state index is 0.164. The molecule has 0 heterocycles. The van der Waals surface area contributed by atoms with Crippen LogP contribution in [0.25, 0.3) is 6.08 Å². The molecule has 1 aliphatic carbocycles. The van der Waals surface area contributed by atoms with E-state index >= 15 is 0 Å². The number of nitrogens with two attached hydrogens (primary N) is 1. The Bertz CT molecular complexity index is 619. The van der Waals surface area contributed by atoms with E-state index in [1.165, 1.54) is 23.1 Å². The van der Waals surface area contributed by atoms with E-state index in [4.69, 9.17) is 10.5 Å². The molecular formula is C19H21NO. The van der Waals surface area contributed by atoms with Gasteiger partial charge in [0.15, 0.2) is 0 Å². The predicted molar refractivity (Wildman–Crippen MR) is 87.3 cm³/mol. The van der Waals surface area contributed by atoms with Crippen LogP contribution in [0.2, 0.25) is 0 Å². The Kier molecular flexibility index (Phi) is 4.37. The van der Waals surface area contributed by atoms with E-state index in [0.717, 1.165) is 18.6 Å². The highest BCUT2D eigenvalue weighted by Gasteiger charge is 2.16. The minimum Gasteiger partial charge on any atom is -0.490 e. The molecule has 2 nitrogen and oxygen atoms in total. The Morgan fingerprint density at radius 2 is 2.00 bits per heavy atom. The largest absolute Gasteiger partial charge is 0.490 e.